The summed E-state index contributed by atoms with van der Waals surface area (Å²) in [5, 5.41) is 0. The Hall–Kier alpha value is -2.98. The Balaban J connectivity index is 1.49. The van der Waals surface area contributed by atoms with E-state index in [-0.39, 0.29) is 17.8 Å². The zero-order valence-corrected chi connectivity index (χ0v) is 17.3. The van der Waals surface area contributed by atoms with Crippen molar-refractivity contribution in [1.82, 2.24) is 4.90 Å². The molecule has 0 bridgehead atoms. The second-order valence-corrected chi connectivity index (χ2v) is 8.01. The Kier molecular flexibility index (Phi) is 6.24. The molecule has 3 aromatic carbocycles. The molecular formula is C26H27FN2O. The molecule has 0 N–H and O–H groups in total. The van der Waals surface area contributed by atoms with Gasteiger partial charge in [0.1, 0.15) is 5.82 Å². The first-order valence-corrected chi connectivity index (χ1v) is 10.5. The third-order valence-electron chi connectivity index (χ3n) is 5.79. The Morgan fingerprint density at radius 2 is 1.57 bits per heavy atom. The van der Waals surface area contributed by atoms with Crippen LogP contribution in [0.5, 0.6) is 0 Å². The number of halogens is 1. The van der Waals surface area contributed by atoms with Gasteiger partial charge in [-0.15, -0.1) is 0 Å². The zero-order chi connectivity index (χ0) is 20.9. The minimum absolute atomic E-state index is 0.0285. The molecule has 3 aromatic rings. The van der Waals surface area contributed by atoms with Crippen molar-refractivity contribution in [3.05, 3.63) is 101 Å². The van der Waals surface area contributed by atoms with Crippen LogP contribution in [0, 0.1) is 12.7 Å². The molecule has 4 rings (SSSR count). The number of benzene rings is 3. The van der Waals surface area contributed by atoms with Gasteiger partial charge in [-0.25, -0.2) is 4.39 Å². The van der Waals surface area contributed by atoms with Gasteiger partial charge in [-0.1, -0.05) is 48.0 Å². The maximum atomic E-state index is 13.5. The lowest BCUT2D eigenvalue weighted by atomic mass is 10.00. The number of nitrogens with zero attached hydrogens (tertiary/aromatic N) is 2. The molecule has 4 heteroatoms. The van der Waals surface area contributed by atoms with Crippen LogP contribution < -0.4 is 4.90 Å². The van der Waals surface area contributed by atoms with E-state index in [0.717, 1.165) is 38.2 Å². The van der Waals surface area contributed by atoms with E-state index < -0.39 is 0 Å². The monoisotopic (exact) mass is 402 g/mol. The standard InChI is InChI=1S/C26H27FN2O/c1-20-7-9-21(10-8-20)19-28-17-15-25(16-18-28)29(24-13-11-23(27)12-14-24)26(30)22-5-3-2-4-6-22/h2-14,25H,15-19H2,1H3. The van der Waals surface area contributed by atoms with Crippen LogP contribution >= 0.6 is 0 Å². The summed E-state index contributed by atoms with van der Waals surface area (Å²) >= 11 is 0. The van der Waals surface area contributed by atoms with Crippen molar-refractivity contribution in [3.63, 3.8) is 0 Å². The van der Waals surface area contributed by atoms with E-state index in [9.17, 15) is 9.18 Å². The number of hydrogen-bond acceptors (Lipinski definition) is 2. The summed E-state index contributed by atoms with van der Waals surface area (Å²) in [7, 11) is 0. The highest BCUT2D eigenvalue weighted by molar-refractivity contribution is 6.06. The van der Waals surface area contributed by atoms with Crippen LogP contribution in [0.2, 0.25) is 0 Å². The van der Waals surface area contributed by atoms with Crippen LogP contribution in [0.3, 0.4) is 0 Å². The molecular weight excluding hydrogens is 375 g/mol. The van der Waals surface area contributed by atoms with Gasteiger partial charge in [0.05, 0.1) is 0 Å². The minimum atomic E-state index is -0.293. The van der Waals surface area contributed by atoms with E-state index in [0.29, 0.717) is 5.56 Å². The van der Waals surface area contributed by atoms with E-state index in [4.69, 9.17) is 0 Å². The van der Waals surface area contributed by atoms with E-state index in [1.165, 1.54) is 23.3 Å². The van der Waals surface area contributed by atoms with E-state index >= 15 is 0 Å². The predicted molar refractivity (Wildman–Crippen MR) is 119 cm³/mol. The highest BCUT2D eigenvalue weighted by Gasteiger charge is 2.29. The lowest BCUT2D eigenvalue weighted by Gasteiger charge is -2.38. The lowest BCUT2D eigenvalue weighted by molar-refractivity contribution is 0.0958. The van der Waals surface area contributed by atoms with E-state index in [1.807, 2.05) is 35.2 Å². The third kappa shape index (κ3) is 4.77. The number of hydrogen-bond donors (Lipinski definition) is 0. The molecule has 0 aliphatic carbocycles. The van der Waals surface area contributed by atoms with Crippen molar-refractivity contribution in [2.45, 2.75) is 32.4 Å². The Bertz CT molecular complexity index is 962. The van der Waals surface area contributed by atoms with Crippen molar-refractivity contribution >= 4 is 11.6 Å². The maximum Gasteiger partial charge on any atom is 0.258 e. The first-order valence-electron chi connectivity index (χ1n) is 10.5. The van der Waals surface area contributed by atoms with Gasteiger partial charge in [-0.2, -0.15) is 0 Å². The van der Waals surface area contributed by atoms with Crippen molar-refractivity contribution in [1.29, 1.82) is 0 Å². The number of amides is 1. The number of rotatable bonds is 5. The summed E-state index contributed by atoms with van der Waals surface area (Å²) in [5.41, 5.74) is 3.99. The lowest BCUT2D eigenvalue weighted by Crippen LogP contribution is -2.47. The fraction of sp³-hybridized carbons (Fsp3) is 0.269. The molecule has 0 atom stereocenters. The van der Waals surface area contributed by atoms with Crippen LogP contribution in [0.25, 0.3) is 0 Å². The number of carbonyl (C=O) groups is 1. The summed E-state index contributed by atoms with van der Waals surface area (Å²) in [6.07, 6.45) is 1.78. The summed E-state index contributed by atoms with van der Waals surface area (Å²) < 4.78 is 13.5. The molecule has 1 fully saturated rings. The van der Waals surface area contributed by atoms with Gasteiger partial charge in [-0.05, 0) is 61.7 Å². The highest BCUT2D eigenvalue weighted by Crippen LogP contribution is 2.27. The molecule has 0 saturated carbocycles. The normalized spacial score (nSPS) is 15.1. The molecule has 0 unspecified atom stereocenters. The summed E-state index contributed by atoms with van der Waals surface area (Å²) in [6, 6.07) is 24.4. The third-order valence-corrected chi connectivity index (χ3v) is 5.79. The van der Waals surface area contributed by atoms with Crippen LogP contribution in [0.4, 0.5) is 10.1 Å². The fourth-order valence-corrected chi connectivity index (χ4v) is 4.10. The molecule has 154 valence electrons. The van der Waals surface area contributed by atoms with Crippen LogP contribution in [-0.4, -0.2) is 29.9 Å². The van der Waals surface area contributed by atoms with E-state index in [1.54, 1.807) is 12.1 Å². The number of aryl methyl sites for hydroxylation is 1. The molecule has 1 saturated heterocycles. The highest BCUT2D eigenvalue weighted by atomic mass is 19.1. The Morgan fingerprint density at radius 1 is 0.933 bits per heavy atom. The second-order valence-electron chi connectivity index (χ2n) is 8.01. The molecule has 0 radical (unpaired) electrons. The van der Waals surface area contributed by atoms with Gasteiger partial charge >= 0.3 is 0 Å². The van der Waals surface area contributed by atoms with Crippen molar-refractivity contribution < 1.29 is 9.18 Å². The minimum Gasteiger partial charge on any atom is -0.305 e. The van der Waals surface area contributed by atoms with E-state index in [2.05, 4.69) is 36.1 Å². The largest absolute Gasteiger partial charge is 0.305 e. The smallest absolute Gasteiger partial charge is 0.258 e. The molecule has 0 aromatic heterocycles. The molecule has 0 spiro atoms. The van der Waals surface area contributed by atoms with Gasteiger partial charge in [-0.3, -0.25) is 9.69 Å². The summed E-state index contributed by atoms with van der Waals surface area (Å²) in [4.78, 5) is 17.7. The number of likely N-dealkylation sites (tertiary alicyclic amines) is 1. The molecule has 3 nitrogen and oxygen atoms in total. The van der Waals surface area contributed by atoms with Gasteiger partial charge in [0.15, 0.2) is 0 Å². The second kappa shape index (κ2) is 9.23. The number of carbonyl (C=O) groups excluding carboxylic acids is 1. The summed E-state index contributed by atoms with van der Waals surface area (Å²) in [6.45, 7) is 4.88. The SMILES string of the molecule is Cc1ccc(CN2CCC(N(C(=O)c3ccccc3)c3ccc(F)cc3)CC2)cc1. The maximum absolute atomic E-state index is 13.5. The van der Waals surface area contributed by atoms with Crippen LogP contribution in [-0.2, 0) is 6.54 Å². The predicted octanol–water partition coefficient (Wildman–Crippen LogP) is 5.45. The van der Waals surface area contributed by atoms with Crippen LogP contribution in [0.15, 0.2) is 78.9 Å². The van der Waals surface area contributed by atoms with Crippen molar-refractivity contribution in [3.8, 4) is 0 Å². The molecule has 1 aliphatic rings. The molecule has 1 aliphatic heterocycles. The fourth-order valence-electron chi connectivity index (χ4n) is 4.10. The van der Waals surface area contributed by atoms with Crippen molar-refractivity contribution in [2.24, 2.45) is 0 Å². The quantitative estimate of drug-likeness (QED) is 0.567. The average molecular weight is 403 g/mol. The number of anilines is 1. The zero-order valence-electron chi connectivity index (χ0n) is 17.3. The van der Waals surface area contributed by atoms with Gasteiger partial charge in [0.25, 0.3) is 5.91 Å². The first-order chi connectivity index (χ1) is 14.6. The number of piperidine rings is 1. The van der Waals surface area contributed by atoms with Gasteiger partial charge in [0, 0.05) is 36.9 Å². The van der Waals surface area contributed by atoms with Gasteiger partial charge < -0.3 is 4.90 Å². The topological polar surface area (TPSA) is 23.6 Å². The first kappa shape index (κ1) is 20.3. The Morgan fingerprint density at radius 3 is 2.20 bits per heavy atom. The van der Waals surface area contributed by atoms with Crippen LogP contribution in [0.1, 0.15) is 34.3 Å². The van der Waals surface area contributed by atoms with Crippen molar-refractivity contribution in [2.75, 3.05) is 18.0 Å². The molecule has 1 heterocycles. The average Bonchev–Trinajstić information content (AvgIpc) is 2.78. The summed E-state index contributed by atoms with van der Waals surface area (Å²) in [5.74, 6) is -0.321. The Labute approximate surface area is 177 Å². The molecule has 30 heavy (non-hydrogen) atoms. The van der Waals surface area contributed by atoms with Gasteiger partial charge in [0.2, 0.25) is 0 Å². The molecule has 1 amide bonds.